The Balaban J connectivity index is 2.17. The average Bonchev–Trinajstić information content (AvgIpc) is 2.43. The van der Waals surface area contributed by atoms with E-state index in [2.05, 4.69) is 16.4 Å². The second-order valence-electron chi connectivity index (χ2n) is 5.09. The summed E-state index contributed by atoms with van der Waals surface area (Å²) in [6.07, 6.45) is 0. The van der Waals surface area contributed by atoms with Crippen LogP contribution < -0.4 is 10.1 Å². The van der Waals surface area contributed by atoms with E-state index in [1.165, 1.54) is 0 Å². The summed E-state index contributed by atoms with van der Waals surface area (Å²) in [6, 6.07) is 12.0. The standard InChI is InChI=1S/C16H19N3O/c1-11(2)18-14(9-17)10-20-15-6-4-5-13-8-7-12(3)19-16(13)15/h4-8,11,14,18H,10H2,1-3H3. The van der Waals surface area contributed by atoms with Gasteiger partial charge in [-0.05, 0) is 32.9 Å². The average molecular weight is 269 g/mol. The van der Waals surface area contributed by atoms with Gasteiger partial charge < -0.3 is 4.74 Å². The lowest BCUT2D eigenvalue weighted by Gasteiger charge is -2.16. The molecule has 0 fully saturated rings. The van der Waals surface area contributed by atoms with E-state index >= 15 is 0 Å². The first kappa shape index (κ1) is 14.3. The highest BCUT2D eigenvalue weighted by molar-refractivity contribution is 5.84. The van der Waals surface area contributed by atoms with E-state index in [-0.39, 0.29) is 12.1 Å². The molecule has 0 aliphatic heterocycles. The van der Waals surface area contributed by atoms with E-state index in [1.54, 1.807) is 0 Å². The minimum Gasteiger partial charge on any atom is -0.489 e. The molecule has 0 bridgehead atoms. The Morgan fingerprint density at radius 2 is 2.10 bits per heavy atom. The van der Waals surface area contributed by atoms with E-state index in [1.807, 2.05) is 51.1 Å². The number of rotatable bonds is 5. The van der Waals surface area contributed by atoms with Gasteiger partial charge in [-0.3, -0.25) is 5.32 Å². The molecule has 4 heteroatoms. The van der Waals surface area contributed by atoms with E-state index in [0.29, 0.717) is 6.61 Å². The van der Waals surface area contributed by atoms with Gasteiger partial charge in [0.05, 0.1) is 6.07 Å². The Morgan fingerprint density at radius 3 is 2.80 bits per heavy atom. The molecule has 0 aliphatic carbocycles. The molecular weight excluding hydrogens is 250 g/mol. The summed E-state index contributed by atoms with van der Waals surface area (Å²) in [5, 5.41) is 13.3. The molecule has 1 aromatic heterocycles. The Kier molecular flexibility index (Phi) is 4.54. The number of para-hydroxylation sites is 1. The van der Waals surface area contributed by atoms with Gasteiger partial charge in [-0.1, -0.05) is 18.2 Å². The molecule has 0 amide bonds. The first-order valence-corrected chi connectivity index (χ1v) is 6.75. The predicted molar refractivity (Wildman–Crippen MR) is 79.6 cm³/mol. The SMILES string of the molecule is Cc1ccc2cccc(OCC(C#N)NC(C)C)c2n1. The molecule has 20 heavy (non-hydrogen) atoms. The molecule has 2 aromatic rings. The molecule has 0 saturated heterocycles. The van der Waals surface area contributed by atoms with Crippen LogP contribution in [0.5, 0.6) is 5.75 Å². The van der Waals surface area contributed by atoms with E-state index in [9.17, 15) is 0 Å². The zero-order chi connectivity index (χ0) is 14.5. The van der Waals surface area contributed by atoms with Gasteiger partial charge >= 0.3 is 0 Å². The molecular formula is C16H19N3O. The molecule has 1 N–H and O–H groups in total. The van der Waals surface area contributed by atoms with Crippen molar-refractivity contribution in [1.82, 2.24) is 10.3 Å². The number of ether oxygens (including phenoxy) is 1. The van der Waals surface area contributed by atoms with Crippen molar-refractivity contribution in [3.63, 3.8) is 0 Å². The zero-order valence-electron chi connectivity index (χ0n) is 12.1. The molecule has 4 nitrogen and oxygen atoms in total. The quantitative estimate of drug-likeness (QED) is 0.906. The van der Waals surface area contributed by atoms with Gasteiger partial charge in [-0.15, -0.1) is 0 Å². The van der Waals surface area contributed by atoms with Crippen LogP contribution in [0.4, 0.5) is 0 Å². The lowest BCUT2D eigenvalue weighted by atomic mass is 10.2. The molecule has 0 aliphatic rings. The van der Waals surface area contributed by atoms with Gasteiger partial charge in [0.2, 0.25) is 0 Å². The molecule has 2 rings (SSSR count). The van der Waals surface area contributed by atoms with Crippen molar-refractivity contribution in [2.45, 2.75) is 32.9 Å². The van der Waals surface area contributed by atoms with Gasteiger partial charge in [-0.25, -0.2) is 4.98 Å². The third-order valence-electron chi connectivity index (χ3n) is 2.92. The van der Waals surface area contributed by atoms with Crippen LogP contribution in [0, 0.1) is 18.3 Å². The van der Waals surface area contributed by atoms with Gasteiger partial charge in [0.25, 0.3) is 0 Å². The van der Waals surface area contributed by atoms with Crippen molar-refractivity contribution in [1.29, 1.82) is 5.26 Å². The van der Waals surface area contributed by atoms with E-state index in [0.717, 1.165) is 22.3 Å². The van der Waals surface area contributed by atoms with Crippen LogP contribution in [0.3, 0.4) is 0 Å². The number of aromatic nitrogens is 1. The highest BCUT2D eigenvalue weighted by atomic mass is 16.5. The van der Waals surface area contributed by atoms with Crippen LogP contribution in [0.1, 0.15) is 19.5 Å². The van der Waals surface area contributed by atoms with Crippen molar-refractivity contribution in [2.24, 2.45) is 0 Å². The molecule has 1 atom stereocenters. The normalized spacial score (nSPS) is 12.3. The minimum absolute atomic E-state index is 0.246. The Labute approximate surface area is 119 Å². The number of nitriles is 1. The topological polar surface area (TPSA) is 57.9 Å². The number of hydrogen-bond donors (Lipinski definition) is 1. The van der Waals surface area contributed by atoms with Crippen molar-refractivity contribution in [2.75, 3.05) is 6.61 Å². The first-order chi connectivity index (χ1) is 9.60. The Bertz CT molecular complexity index is 631. The first-order valence-electron chi connectivity index (χ1n) is 6.75. The van der Waals surface area contributed by atoms with Crippen molar-refractivity contribution >= 4 is 10.9 Å². The van der Waals surface area contributed by atoms with Crippen LogP contribution in [-0.2, 0) is 0 Å². The van der Waals surface area contributed by atoms with Crippen LogP contribution >= 0.6 is 0 Å². The van der Waals surface area contributed by atoms with Crippen LogP contribution in [0.2, 0.25) is 0 Å². The maximum absolute atomic E-state index is 9.10. The molecule has 0 saturated carbocycles. The fourth-order valence-corrected chi connectivity index (χ4v) is 2.03. The number of fused-ring (bicyclic) bond motifs is 1. The van der Waals surface area contributed by atoms with Crippen molar-refractivity contribution < 1.29 is 4.74 Å². The third kappa shape index (κ3) is 3.46. The number of benzene rings is 1. The van der Waals surface area contributed by atoms with Crippen LogP contribution in [0.15, 0.2) is 30.3 Å². The molecule has 1 unspecified atom stereocenters. The molecule has 1 aromatic carbocycles. The van der Waals surface area contributed by atoms with Crippen molar-refractivity contribution in [3.05, 3.63) is 36.0 Å². The summed E-state index contributed by atoms with van der Waals surface area (Å²) in [6.45, 7) is 6.28. The summed E-state index contributed by atoms with van der Waals surface area (Å²) in [5.74, 6) is 0.719. The smallest absolute Gasteiger partial charge is 0.145 e. The summed E-state index contributed by atoms with van der Waals surface area (Å²) in [4.78, 5) is 4.51. The molecule has 0 spiro atoms. The largest absolute Gasteiger partial charge is 0.489 e. The van der Waals surface area contributed by atoms with E-state index in [4.69, 9.17) is 10.00 Å². The third-order valence-corrected chi connectivity index (χ3v) is 2.92. The van der Waals surface area contributed by atoms with Gasteiger partial charge in [0.1, 0.15) is 23.9 Å². The second-order valence-corrected chi connectivity index (χ2v) is 5.09. The van der Waals surface area contributed by atoms with Gasteiger partial charge in [0, 0.05) is 17.1 Å². The maximum atomic E-state index is 9.10. The van der Waals surface area contributed by atoms with E-state index < -0.39 is 0 Å². The van der Waals surface area contributed by atoms with Crippen LogP contribution in [-0.4, -0.2) is 23.7 Å². The molecule has 104 valence electrons. The lowest BCUT2D eigenvalue weighted by molar-refractivity contribution is 0.285. The predicted octanol–water partition coefficient (Wildman–Crippen LogP) is 2.81. The fraction of sp³-hybridized carbons (Fsp3) is 0.375. The highest BCUT2D eigenvalue weighted by Crippen LogP contribution is 2.23. The summed E-state index contributed by atoms with van der Waals surface area (Å²) in [5.41, 5.74) is 1.79. The maximum Gasteiger partial charge on any atom is 0.145 e. The van der Waals surface area contributed by atoms with Gasteiger partial charge in [-0.2, -0.15) is 5.26 Å². The number of hydrogen-bond acceptors (Lipinski definition) is 4. The number of nitrogens with zero attached hydrogens (tertiary/aromatic N) is 2. The zero-order valence-corrected chi connectivity index (χ0v) is 12.1. The monoisotopic (exact) mass is 269 g/mol. The van der Waals surface area contributed by atoms with Crippen molar-refractivity contribution in [3.8, 4) is 11.8 Å². The second kappa shape index (κ2) is 6.36. The van der Waals surface area contributed by atoms with Crippen LogP contribution in [0.25, 0.3) is 10.9 Å². The summed E-state index contributed by atoms with van der Waals surface area (Å²) in [7, 11) is 0. The number of nitrogens with one attached hydrogen (secondary N) is 1. The minimum atomic E-state index is -0.324. The summed E-state index contributed by atoms with van der Waals surface area (Å²) < 4.78 is 5.78. The van der Waals surface area contributed by atoms with Gasteiger partial charge in [0.15, 0.2) is 0 Å². The fourth-order valence-electron chi connectivity index (χ4n) is 2.03. The Hall–Kier alpha value is -2.12. The number of aryl methyl sites for hydroxylation is 1. The molecule has 0 radical (unpaired) electrons. The lowest BCUT2D eigenvalue weighted by Crippen LogP contribution is -2.37. The Morgan fingerprint density at radius 1 is 1.30 bits per heavy atom. The number of pyridine rings is 1. The molecule has 1 heterocycles. The summed E-state index contributed by atoms with van der Waals surface area (Å²) >= 11 is 0. The highest BCUT2D eigenvalue weighted by Gasteiger charge is 2.11.